The standard InChI is InChI=1S/C13H21BrF3NO/c1-9(14)5-4-8-18-12(19)10-6-2-3-7-11(10)13(15,16)17/h9-11H,2-8H2,1H3,(H,18,19). The van der Waals surface area contributed by atoms with Gasteiger partial charge in [0.05, 0.1) is 5.92 Å². The number of nitrogens with one attached hydrogen (secondary N) is 1. The van der Waals surface area contributed by atoms with Gasteiger partial charge in [-0.25, -0.2) is 0 Å². The number of amides is 1. The first-order valence-corrected chi connectivity index (χ1v) is 7.72. The smallest absolute Gasteiger partial charge is 0.356 e. The van der Waals surface area contributed by atoms with E-state index in [0.717, 1.165) is 12.8 Å². The maximum absolute atomic E-state index is 12.9. The summed E-state index contributed by atoms with van der Waals surface area (Å²) in [4.78, 5) is 12.2. The van der Waals surface area contributed by atoms with Crippen LogP contribution in [0.2, 0.25) is 0 Å². The van der Waals surface area contributed by atoms with Crippen molar-refractivity contribution in [3.8, 4) is 0 Å². The molecule has 1 fully saturated rings. The number of hydrogen-bond acceptors (Lipinski definition) is 1. The molecule has 1 rings (SSSR count). The lowest BCUT2D eigenvalue weighted by atomic mass is 9.78. The quantitative estimate of drug-likeness (QED) is 0.592. The van der Waals surface area contributed by atoms with Crippen molar-refractivity contribution < 1.29 is 18.0 Å². The fourth-order valence-electron chi connectivity index (χ4n) is 2.56. The number of halogens is 4. The zero-order chi connectivity index (χ0) is 14.5. The van der Waals surface area contributed by atoms with Crippen LogP contribution in [0.5, 0.6) is 0 Å². The Kier molecular flexibility index (Phi) is 6.63. The molecule has 112 valence electrons. The molecule has 0 aromatic heterocycles. The van der Waals surface area contributed by atoms with Crippen LogP contribution in [0.25, 0.3) is 0 Å². The minimum absolute atomic E-state index is 0.0834. The van der Waals surface area contributed by atoms with E-state index >= 15 is 0 Å². The molecule has 0 aliphatic heterocycles. The molecule has 0 heterocycles. The van der Waals surface area contributed by atoms with Crippen molar-refractivity contribution in [2.75, 3.05) is 6.54 Å². The van der Waals surface area contributed by atoms with Crippen LogP contribution < -0.4 is 5.32 Å². The molecule has 2 nitrogen and oxygen atoms in total. The predicted molar refractivity (Wildman–Crippen MR) is 72.1 cm³/mol. The Morgan fingerprint density at radius 1 is 1.37 bits per heavy atom. The number of carbonyl (C=O) groups excluding carboxylic acids is 1. The van der Waals surface area contributed by atoms with Crippen LogP contribution in [0.15, 0.2) is 0 Å². The van der Waals surface area contributed by atoms with Crippen molar-refractivity contribution in [2.45, 2.75) is 56.5 Å². The third kappa shape index (κ3) is 5.71. The topological polar surface area (TPSA) is 29.1 Å². The van der Waals surface area contributed by atoms with E-state index < -0.39 is 23.9 Å². The van der Waals surface area contributed by atoms with Gasteiger partial charge in [0.15, 0.2) is 0 Å². The molecule has 1 aliphatic rings. The Bertz CT molecular complexity index is 294. The van der Waals surface area contributed by atoms with Gasteiger partial charge in [0, 0.05) is 17.3 Å². The van der Waals surface area contributed by atoms with Crippen molar-refractivity contribution in [1.82, 2.24) is 5.32 Å². The molecular formula is C13H21BrF3NO. The average Bonchev–Trinajstić information content (AvgIpc) is 2.33. The Morgan fingerprint density at radius 2 is 2.00 bits per heavy atom. The van der Waals surface area contributed by atoms with Crippen molar-refractivity contribution in [1.29, 1.82) is 0 Å². The van der Waals surface area contributed by atoms with Crippen LogP contribution >= 0.6 is 15.9 Å². The van der Waals surface area contributed by atoms with E-state index in [1.54, 1.807) is 0 Å². The van der Waals surface area contributed by atoms with Crippen LogP contribution in [-0.4, -0.2) is 23.5 Å². The SMILES string of the molecule is CC(Br)CCCNC(=O)C1CCCCC1C(F)(F)F. The minimum Gasteiger partial charge on any atom is -0.356 e. The minimum atomic E-state index is -4.26. The first-order valence-electron chi connectivity index (χ1n) is 6.81. The Labute approximate surface area is 120 Å². The van der Waals surface area contributed by atoms with Gasteiger partial charge in [-0.2, -0.15) is 13.2 Å². The van der Waals surface area contributed by atoms with Gasteiger partial charge >= 0.3 is 6.18 Å². The zero-order valence-electron chi connectivity index (χ0n) is 11.1. The number of carbonyl (C=O) groups is 1. The molecule has 6 heteroatoms. The molecule has 0 radical (unpaired) electrons. The number of hydrogen-bond donors (Lipinski definition) is 1. The van der Waals surface area contributed by atoms with Gasteiger partial charge in [-0.1, -0.05) is 35.7 Å². The largest absolute Gasteiger partial charge is 0.392 e. The van der Waals surface area contributed by atoms with E-state index in [0.29, 0.717) is 30.6 Å². The molecule has 1 aliphatic carbocycles. The predicted octanol–water partition coefficient (Wildman–Crippen LogP) is 4.03. The Balaban J connectivity index is 2.44. The molecule has 3 atom stereocenters. The highest BCUT2D eigenvalue weighted by Gasteiger charge is 2.47. The highest BCUT2D eigenvalue weighted by molar-refractivity contribution is 9.09. The summed E-state index contributed by atoms with van der Waals surface area (Å²) in [7, 11) is 0. The highest BCUT2D eigenvalue weighted by Crippen LogP contribution is 2.41. The number of alkyl halides is 4. The average molecular weight is 344 g/mol. The summed E-state index contributed by atoms with van der Waals surface area (Å²) in [6.45, 7) is 2.46. The van der Waals surface area contributed by atoms with Crippen molar-refractivity contribution in [3.63, 3.8) is 0 Å². The fourth-order valence-corrected chi connectivity index (χ4v) is 2.89. The van der Waals surface area contributed by atoms with Crippen molar-refractivity contribution in [3.05, 3.63) is 0 Å². The summed E-state index contributed by atoms with van der Waals surface area (Å²) < 4.78 is 38.6. The van der Waals surface area contributed by atoms with Gasteiger partial charge in [0.1, 0.15) is 0 Å². The van der Waals surface area contributed by atoms with E-state index in [1.807, 2.05) is 6.92 Å². The van der Waals surface area contributed by atoms with Gasteiger partial charge in [0.2, 0.25) is 5.91 Å². The Hall–Kier alpha value is -0.260. The van der Waals surface area contributed by atoms with E-state index in [2.05, 4.69) is 21.2 Å². The van der Waals surface area contributed by atoms with Gasteiger partial charge in [-0.05, 0) is 25.7 Å². The molecule has 1 saturated carbocycles. The molecule has 0 bridgehead atoms. The molecule has 1 amide bonds. The lowest BCUT2D eigenvalue weighted by Gasteiger charge is -2.32. The fraction of sp³-hybridized carbons (Fsp3) is 0.923. The number of rotatable bonds is 5. The first-order chi connectivity index (χ1) is 8.82. The molecule has 0 saturated heterocycles. The maximum atomic E-state index is 12.9. The lowest BCUT2D eigenvalue weighted by molar-refractivity contribution is -0.198. The molecular weight excluding hydrogens is 323 g/mol. The third-order valence-corrected chi connectivity index (χ3v) is 4.06. The van der Waals surface area contributed by atoms with E-state index in [9.17, 15) is 18.0 Å². The van der Waals surface area contributed by atoms with Gasteiger partial charge < -0.3 is 5.32 Å². The monoisotopic (exact) mass is 343 g/mol. The zero-order valence-corrected chi connectivity index (χ0v) is 12.7. The lowest BCUT2D eigenvalue weighted by Crippen LogP contribution is -2.42. The normalized spacial score (nSPS) is 25.9. The molecule has 3 unspecified atom stereocenters. The van der Waals surface area contributed by atoms with Crippen LogP contribution in [0.4, 0.5) is 13.2 Å². The van der Waals surface area contributed by atoms with E-state index in [4.69, 9.17) is 0 Å². The molecule has 0 aromatic carbocycles. The summed E-state index contributed by atoms with van der Waals surface area (Å²) in [6, 6.07) is 0. The summed E-state index contributed by atoms with van der Waals surface area (Å²) >= 11 is 3.39. The van der Waals surface area contributed by atoms with Crippen LogP contribution in [0.3, 0.4) is 0 Å². The second-order valence-electron chi connectivity index (χ2n) is 5.25. The van der Waals surface area contributed by atoms with Gasteiger partial charge in [-0.15, -0.1) is 0 Å². The summed E-state index contributed by atoms with van der Waals surface area (Å²) in [6.07, 6.45) is -0.870. The molecule has 0 spiro atoms. The van der Waals surface area contributed by atoms with Gasteiger partial charge in [-0.3, -0.25) is 4.79 Å². The van der Waals surface area contributed by atoms with Crippen molar-refractivity contribution >= 4 is 21.8 Å². The third-order valence-electron chi connectivity index (χ3n) is 3.60. The second kappa shape index (κ2) is 7.50. The molecule has 19 heavy (non-hydrogen) atoms. The second-order valence-corrected chi connectivity index (χ2v) is 6.82. The van der Waals surface area contributed by atoms with Crippen molar-refractivity contribution in [2.24, 2.45) is 11.8 Å². The van der Waals surface area contributed by atoms with Crippen LogP contribution in [0, 0.1) is 11.8 Å². The van der Waals surface area contributed by atoms with Gasteiger partial charge in [0.25, 0.3) is 0 Å². The van der Waals surface area contributed by atoms with E-state index in [1.165, 1.54) is 0 Å². The summed E-state index contributed by atoms with van der Waals surface area (Å²) in [5, 5.41) is 2.65. The first kappa shape index (κ1) is 16.8. The van der Waals surface area contributed by atoms with E-state index in [-0.39, 0.29) is 6.42 Å². The molecule has 0 aromatic rings. The van der Waals surface area contributed by atoms with Crippen LogP contribution in [-0.2, 0) is 4.79 Å². The summed E-state index contributed by atoms with van der Waals surface area (Å²) in [5.41, 5.74) is 0. The Morgan fingerprint density at radius 3 is 2.58 bits per heavy atom. The molecule has 1 N–H and O–H groups in total. The maximum Gasteiger partial charge on any atom is 0.392 e. The van der Waals surface area contributed by atoms with Crippen LogP contribution in [0.1, 0.15) is 45.4 Å². The highest BCUT2D eigenvalue weighted by atomic mass is 79.9. The summed E-state index contributed by atoms with van der Waals surface area (Å²) in [5.74, 6) is -2.78.